The zero-order valence-electron chi connectivity index (χ0n) is 10.0. The lowest BCUT2D eigenvalue weighted by Crippen LogP contribution is -2.24. The number of aromatic nitrogens is 1. The molecule has 1 N–H and O–H groups in total. The van der Waals surface area contributed by atoms with E-state index < -0.39 is 5.97 Å². The number of pyridine rings is 1. The number of thiophene rings is 1. The molecule has 5 heteroatoms. The minimum absolute atomic E-state index is 0.107. The van der Waals surface area contributed by atoms with E-state index in [-0.39, 0.29) is 5.69 Å². The highest BCUT2D eigenvalue weighted by Crippen LogP contribution is 2.22. The molecule has 0 atom stereocenters. The van der Waals surface area contributed by atoms with Crippen molar-refractivity contribution in [3.63, 3.8) is 0 Å². The summed E-state index contributed by atoms with van der Waals surface area (Å²) in [6.07, 6.45) is 1.51. The summed E-state index contributed by atoms with van der Waals surface area (Å²) in [5.74, 6) is -0.991. The van der Waals surface area contributed by atoms with Gasteiger partial charge in [0.2, 0.25) is 0 Å². The van der Waals surface area contributed by atoms with Crippen LogP contribution in [0.25, 0.3) is 0 Å². The first-order valence-electron chi connectivity index (χ1n) is 5.68. The quantitative estimate of drug-likeness (QED) is 0.900. The second kappa shape index (κ2) is 5.64. The Morgan fingerprint density at radius 1 is 1.44 bits per heavy atom. The van der Waals surface area contributed by atoms with Crippen LogP contribution in [0.2, 0.25) is 0 Å². The van der Waals surface area contributed by atoms with E-state index in [1.54, 1.807) is 23.5 Å². The van der Waals surface area contributed by atoms with Gasteiger partial charge in [0.25, 0.3) is 0 Å². The third-order valence-electron chi connectivity index (χ3n) is 2.64. The molecule has 0 radical (unpaired) electrons. The molecule has 2 rings (SSSR count). The van der Waals surface area contributed by atoms with Crippen LogP contribution in [0.5, 0.6) is 0 Å². The van der Waals surface area contributed by atoms with Crippen LogP contribution in [0.4, 0.5) is 5.69 Å². The Bertz CT molecular complexity index is 526. The fraction of sp³-hybridized carbons (Fsp3) is 0.231. The molecule has 0 unspecified atom stereocenters. The fourth-order valence-corrected chi connectivity index (χ4v) is 2.49. The van der Waals surface area contributed by atoms with Gasteiger partial charge in [0.15, 0.2) is 5.69 Å². The Balaban J connectivity index is 2.30. The number of rotatable bonds is 5. The highest BCUT2D eigenvalue weighted by molar-refractivity contribution is 7.09. The van der Waals surface area contributed by atoms with E-state index in [9.17, 15) is 4.79 Å². The second-order valence-electron chi connectivity index (χ2n) is 3.77. The monoisotopic (exact) mass is 262 g/mol. The van der Waals surface area contributed by atoms with Crippen molar-refractivity contribution in [1.29, 1.82) is 0 Å². The summed E-state index contributed by atoms with van der Waals surface area (Å²) < 4.78 is 0. The standard InChI is InChI=1S/C13H14N2O2S/c1-2-15(9-10-5-4-8-18-10)11-6-3-7-14-12(11)13(16)17/h3-8H,2,9H2,1H3,(H,16,17). The molecular formula is C13H14N2O2S. The molecule has 0 aliphatic rings. The molecule has 0 aliphatic carbocycles. The molecule has 94 valence electrons. The first kappa shape index (κ1) is 12.6. The van der Waals surface area contributed by atoms with Gasteiger partial charge in [-0.15, -0.1) is 11.3 Å². The molecule has 2 aromatic heterocycles. The van der Waals surface area contributed by atoms with E-state index in [2.05, 4.69) is 4.98 Å². The summed E-state index contributed by atoms with van der Waals surface area (Å²) in [6.45, 7) is 3.45. The molecule has 0 saturated heterocycles. The van der Waals surface area contributed by atoms with E-state index >= 15 is 0 Å². The van der Waals surface area contributed by atoms with Crippen LogP contribution >= 0.6 is 11.3 Å². The predicted octanol–water partition coefficient (Wildman–Crippen LogP) is 2.87. The van der Waals surface area contributed by atoms with Crippen LogP contribution in [0.15, 0.2) is 35.8 Å². The van der Waals surface area contributed by atoms with Gasteiger partial charge in [-0.1, -0.05) is 6.07 Å². The van der Waals surface area contributed by atoms with Gasteiger partial charge < -0.3 is 10.0 Å². The van der Waals surface area contributed by atoms with Crippen LogP contribution in [0.3, 0.4) is 0 Å². The lowest BCUT2D eigenvalue weighted by Gasteiger charge is -2.23. The molecule has 18 heavy (non-hydrogen) atoms. The molecule has 0 aliphatic heterocycles. The van der Waals surface area contributed by atoms with Gasteiger partial charge in [0.1, 0.15) is 0 Å². The second-order valence-corrected chi connectivity index (χ2v) is 4.80. The van der Waals surface area contributed by atoms with E-state index in [4.69, 9.17) is 5.11 Å². The molecular weight excluding hydrogens is 248 g/mol. The van der Waals surface area contributed by atoms with Crippen LogP contribution < -0.4 is 4.90 Å². The largest absolute Gasteiger partial charge is 0.476 e. The first-order chi connectivity index (χ1) is 8.72. The molecule has 0 fully saturated rings. The van der Waals surface area contributed by atoms with Gasteiger partial charge in [-0.25, -0.2) is 9.78 Å². The summed E-state index contributed by atoms with van der Waals surface area (Å²) in [6, 6.07) is 7.60. The Morgan fingerprint density at radius 3 is 2.89 bits per heavy atom. The van der Waals surface area contributed by atoms with Crippen LogP contribution in [-0.4, -0.2) is 22.6 Å². The summed E-state index contributed by atoms with van der Waals surface area (Å²) in [4.78, 5) is 18.3. The smallest absolute Gasteiger partial charge is 0.356 e. The Morgan fingerprint density at radius 2 is 2.28 bits per heavy atom. The van der Waals surface area contributed by atoms with Crippen molar-refractivity contribution in [3.05, 3.63) is 46.4 Å². The minimum atomic E-state index is -0.991. The normalized spacial score (nSPS) is 10.3. The number of nitrogens with zero attached hydrogens (tertiary/aromatic N) is 2. The van der Waals surface area contributed by atoms with Crippen LogP contribution in [-0.2, 0) is 6.54 Å². The van der Waals surface area contributed by atoms with Crippen molar-refractivity contribution < 1.29 is 9.90 Å². The number of carbonyl (C=O) groups is 1. The number of hydrogen-bond donors (Lipinski definition) is 1. The van der Waals surface area contributed by atoms with Gasteiger partial charge in [-0.05, 0) is 30.5 Å². The van der Waals surface area contributed by atoms with Crippen molar-refractivity contribution in [3.8, 4) is 0 Å². The molecule has 0 saturated carbocycles. The Labute approximate surface area is 110 Å². The zero-order valence-corrected chi connectivity index (χ0v) is 10.9. The lowest BCUT2D eigenvalue weighted by molar-refractivity contribution is 0.0691. The van der Waals surface area contributed by atoms with Gasteiger partial charge in [-0.2, -0.15) is 0 Å². The van der Waals surface area contributed by atoms with E-state index in [1.807, 2.05) is 29.3 Å². The predicted molar refractivity (Wildman–Crippen MR) is 72.2 cm³/mol. The number of carboxylic acid groups (broad SMARTS) is 1. The van der Waals surface area contributed by atoms with Crippen LogP contribution in [0.1, 0.15) is 22.3 Å². The third kappa shape index (κ3) is 2.68. The van der Waals surface area contributed by atoms with Crippen LogP contribution in [0, 0.1) is 0 Å². The summed E-state index contributed by atoms with van der Waals surface area (Å²) in [5, 5.41) is 11.2. The molecule has 0 aromatic carbocycles. The summed E-state index contributed by atoms with van der Waals surface area (Å²) in [7, 11) is 0. The topological polar surface area (TPSA) is 53.4 Å². The van der Waals surface area contributed by atoms with Gasteiger partial charge >= 0.3 is 5.97 Å². The molecule has 0 bridgehead atoms. The van der Waals surface area contributed by atoms with Gasteiger partial charge in [0.05, 0.1) is 12.2 Å². The van der Waals surface area contributed by atoms with Gasteiger partial charge in [0, 0.05) is 17.6 Å². The highest BCUT2D eigenvalue weighted by atomic mass is 32.1. The number of hydrogen-bond acceptors (Lipinski definition) is 4. The van der Waals surface area contributed by atoms with Crippen molar-refractivity contribution >= 4 is 23.0 Å². The summed E-state index contributed by atoms with van der Waals surface area (Å²) >= 11 is 1.67. The SMILES string of the molecule is CCN(Cc1cccs1)c1cccnc1C(=O)O. The third-order valence-corrected chi connectivity index (χ3v) is 3.50. The number of aromatic carboxylic acids is 1. The fourth-order valence-electron chi connectivity index (χ4n) is 1.77. The van der Waals surface area contributed by atoms with Crippen molar-refractivity contribution in [2.24, 2.45) is 0 Å². The minimum Gasteiger partial charge on any atom is -0.476 e. The average molecular weight is 262 g/mol. The molecule has 4 nitrogen and oxygen atoms in total. The van der Waals surface area contributed by atoms with E-state index in [1.165, 1.54) is 11.1 Å². The number of anilines is 1. The van der Waals surface area contributed by atoms with Crippen molar-refractivity contribution in [2.75, 3.05) is 11.4 Å². The zero-order chi connectivity index (χ0) is 13.0. The Hall–Kier alpha value is -1.88. The Kier molecular flexibility index (Phi) is 3.94. The van der Waals surface area contributed by atoms with E-state index in [0.717, 1.165) is 6.54 Å². The maximum absolute atomic E-state index is 11.2. The van der Waals surface area contributed by atoms with E-state index in [0.29, 0.717) is 12.2 Å². The molecule has 0 amide bonds. The average Bonchev–Trinajstić information content (AvgIpc) is 2.88. The molecule has 2 aromatic rings. The number of carboxylic acids is 1. The maximum atomic E-state index is 11.2. The lowest BCUT2D eigenvalue weighted by atomic mass is 10.2. The maximum Gasteiger partial charge on any atom is 0.356 e. The molecule has 0 spiro atoms. The van der Waals surface area contributed by atoms with Gasteiger partial charge in [-0.3, -0.25) is 0 Å². The van der Waals surface area contributed by atoms with Crippen molar-refractivity contribution in [1.82, 2.24) is 4.98 Å². The highest BCUT2D eigenvalue weighted by Gasteiger charge is 2.16. The summed E-state index contributed by atoms with van der Waals surface area (Å²) in [5.41, 5.74) is 0.775. The first-order valence-corrected chi connectivity index (χ1v) is 6.56. The van der Waals surface area contributed by atoms with Crippen molar-refractivity contribution in [2.45, 2.75) is 13.5 Å². The molecule has 2 heterocycles.